The van der Waals surface area contributed by atoms with Gasteiger partial charge in [0.1, 0.15) is 23.9 Å². The number of hydrogen-bond acceptors (Lipinski definition) is 4. The SMILES string of the molecule is Cc1cc(F)ccc1Oc1cc(C2CC2)c(C)cc1C(=O)Nc1ccc(F)c(OCCN)c1. The molecule has 0 radical (unpaired) electrons. The van der Waals surface area contributed by atoms with Crippen LogP contribution in [0.15, 0.2) is 48.5 Å². The molecular weight excluding hydrogens is 426 g/mol. The van der Waals surface area contributed by atoms with Crippen LogP contribution in [0, 0.1) is 25.5 Å². The van der Waals surface area contributed by atoms with Crippen molar-refractivity contribution in [2.45, 2.75) is 32.6 Å². The fourth-order valence-corrected chi connectivity index (χ4v) is 3.70. The van der Waals surface area contributed by atoms with E-state index in [0.717, 1.165) is 24.0 Å². The third-order valence-corrected chi connectivity index (χ3v) is 5.55. The summed E-state index contributed by atoms with van der Waals surface area (Å²) in [6, 6.07) is 12.0. The first-order chi connectivity index (χ1) is 15.9. The fourth-order valence-electron chi connectivity index (χ4n) is 3.70. The minimum atomic E-state index is -0.540. The molecule has 4 rings (SSSR count). The average Bonchev–Trinajstić information content (AvgIpc) is 3.62. The molecule has 0 bridgehead atoms. The highest BCUT2D eigenvalue weighted by atomic mass is 19.1. The Bertz CT molecular complexity index is 1190. The molecule has 3 aromatic rings. The van der Waals surface area contributed by atoms with E-state index in [4.69, 9.17) is 15.2 Å². The normalized spacial score (nSPS) is 13.0. The van der Waals surface area contributed by atoms with Crippen molar-refractivity contribution >= 4 is 11.6 Å². The Morgan fingerprint density at radius 3 is 2.48 bits per heavy atom. The number of anilines is 1. The molecule has 7 heteroatoms. The Balaban J connectivity index is 1.66. The van der Waals surface area contributed by atoms with Crippen LogP contribution in [0.5, 0.6) is 17.2 Å². The number of ether oxygens (including phenoxy) is 2. The van der Waals surface area contributed by atoms with Crippen molar-refractivity contribution in [3.05, 3.63) is 82.4 Å². The molecule has 0 saturated heterocycles. The topological polar surface area (TPSA) is 73.6 Å². The molecule has 0 atom stereocenters. The molecule has 0 unspecified atom stereocenters. The van der Waals surface area contributed by atoms with Crippen molar-refractivity contribution in [1.82, 2.24) is 0 Å². The number of halogens is 2. The van der Waals surface area contributed by atoms with Gasteiger partial charge in [-0.1, -0.05) is 0 Å². The predicted octanol–water partition coefficient (Wildman–Crippen LogP) is 5.84. The van der Waals surface area contributed by atoms with Crippen LogP contribution in [-0.4, -0.2) is 19.1 Å². The minimum absolute atomic E-state index is 0.0110. The second-order valence-electron chi connectivity index (χ2n) is 8.23. The first-order valence-corrected chi connectivity index (χ1v) is 10.9. The maximum atomic E-state index is 14.0. The Morgan fingerprint density at radius 1 is 1.00 bits per heavy atom. The van der Waals surface area contributed by atoms with E-state index in [-0.39, 0.29) is 24.7 Å². The summed E-state index contributed by atoms with van der Waals surface area (Å²) in [6.07, 6.45) is 2.20. The Hall–Kier alpha value is -3.45. The molecule has 1 fully saturated rings. The zero-order valence-electron chi connectivity index (χ0n) is 18.6. The second-order valence-corrected chi connectivity index (χ2v) is 8.23. The summed E-state index contributed by atoms with van der Waals surface area (Å²) in [5, 5.41) is 2.79. The predicted molar refractivity (Wildman–Crippen MR) is 123 cm³/mol. The van der Waals surface area contributed by atoms with Gasteiger partial charge in [-0.2, -0.15) is 0 Å². The van der Waals surface area contributed by atoms with E-state index in [0.29, 0.717) is 34.2 Å². The van der Waals surface area contributed by atoms with Gasteiger partial charge in [0, 0.05) is 18.3 Å². The van der Waals surface area contributed by atoms with Gasteiger partial charge in [-0.15, -0.1) is 0 Å². The van der Waals surface area contributed by atoms with Gasteiger partial charge in [-0.3, -0.25) is 4.79 Å². The molecule has 1 aliphatic rings. The van der Waals surface area contributed by atoms with Crippen LogP contribution in [0.4, 0.5) is 14.5 Å². The number of carbonyl (C=O) groups is 1. The molecule has 172 valence electrons. The van der Waals surface area contributed by atoms with Crippen LogP contribution in [-0.2, 0) is 0 Å². The van der Waals surface area contributed by atoms with Gasteiger partial charge >= 0.3 is 0 Å². The van der Waals surface area contributed by atoms with E-state index < -0.39 is 11.7 Å². The summed E-state index contributed by atoms with van der Waals surface area (Å²) in [5.41, 5.74) is 8.88. The summed E-state index contributed by atoms with van der Waals surface area (Å²) >= 11 is 0. The van der Waals surface area contributed by atoms with E-state index >= 15 is 0 Å². The van der Waals surface area contributed by atoms with E-state index in [2.05, 4.69) is 5.32 Å². The lowest BCUT2D eigenvalue weighted by atomic mass is 9.99. The molecule has 1 aliphatic carbocycles. The summed E-state index contributed by atoms with van der Waals surface area (Å²) in [5.74, 6) is 0.0135. The zero-order chi connectivity index (χ0) is 23.5. The van der Waals surface area contributed by atoms with Gasteiger partial charge in [0.2, 0.25) is 0 Å². The maximum absolute atomic E-state index is 14.0. The van der Waals surface area contributed by atoms with Crippen LogP contribution in [0.25, 0.3) is 0 Å². The van der Waals surface area contributed by atoms with Crippen LogP contribution in [0.1, 0.15) is 45.8 Å². The summed E-state index contributed by atoms with van der Waals surface area (Å²) < 4.78 is 38.9. The van der Waals surface area contributed by atoms with Crippen LogP contribution in [0.3, 0.4) is 0 Å². The second kappa shape index (κ2) is 9.58. The first-order valence-electron chi connectivity index (χ1n) is 10.9. The molecule has 0 heterocycles. The zero-order valence-corrected chi connectivity index (χ0v) is 18.6. The molecule has 0 spiro atoms. The Labute approximate surface area is 191 Å². The van der Waals surface area contributed by atoms with Crippen molar-refractivity contribution in [3.8, 4) is 17.2 Å². The summed E-state index contributed by atoms with van der Waals surface area (Å²) in [4.78, 5) is 13.2. The molecule has 0 aromatic heterocycles. The highest BCUT2D eigenvalue weighted by molar-refractivity contribution is 6.06. The molecule has 3 aromatic carbocycles. The van der Waals surface area contributed by atoms with E-state index in [1.54, 1.807) is 19.1 Å². The van der Waals surface area contributed by atoms with Crippen LogP contribution < -0.4 is 20.5 Å². The van der Waals surface area contributed by atoms with Crippen LogP contribution in [0.2, 0.25) is 0 Å². The summed E-state index contributed by atoms with van der Waals surface area (Å²) in [7, 11) is 0. The van der Waals surface area contributed by atoms with E-state index in [1.807, 2.05) is 13.0 Å². The number of amides is 1. The largest absolute Gasteiger partial charge is 0.489 e. The van der Waals surface area contributed by atoms with Gasteiger partial charge in [0.15, 0.2) is 11.6 Å². The fraction of sp³-hybridized carbons (Fsp3) is 0.269. The van der Waals surface area contributed by atoms with Gasteiger partial charge in [0.25, 0.3) is 5.91 Å². The lowest BCUT2D eigenvalue weighted by Crippen LogP contribution is -2.15. The highest BCUT2D eigenvalue weighted by Gasteiger charge is 2.28. The molecular formula is C26H26F2N2O3. The molecule has 33 heavy (non-hydrogen) atoms. The maximum Gasteiger partial charge on any atom is 0.259 e. The Morgan fingerprint density at radius 2 is 1.79 bits per heavy atom. The van der Waals surface area contributed by atoms with Gasteiger partial charge < -0.3 is 20.5 Å². The molecule has 5 nitrogen and oxygen atoms in total. The van der Waals surface area contributed by atoms with Crippen molar-refractivity contribution in [3.63, 3.8) is 0 Å². The summed E-state index contributed by atoms with van der Waals surface area (Å²) in [6.45, 7) is 4.11. The number of rotatable bonds is 8. The monoisotopic (exact) mass is 452 g/mol. The third-order valence-electron chi connectivity index (χ3n) is 5.55. The minimum Gasteiger partial charge on any atom is -0.489 e. The van der Waals surface area contributed by atoms with Gasteiger partial charge in [-0.05, 0) is 91.8 Å². The standard InChI is InChI=1S/C26H26F2N2O3/c1-15-12-21(26(31)30-19-6-7-22(28)25(13-19)32-10-9-29)24(14-20(15)17-3-4-17)33-23-8-5-18(27)11-16(23)2/h5-8,11-14,17H,3-4,9-10,29H2,1-2H3,(H,30,31). The van der Waals surface area contributed by atoms with Crippen molar-refractivity contribution < 1.29 is 23.0 Å². The molecule has 1 saturated carbocycles. The smallest absolute Gasteiger partial charge is 0.259 e. The molecule has 0 aliphatic heterocycles. The van der Waals surface area contributed by atoms with Crippen molar-refractivity contribution in [2.24, 2.45) is 5.73 Å². The molecule has 1 amide bonds. The number of nitrogens with one attached hydrogen (secondary N) is 1. The van der Waals surface area contributed by atoms with Gasteiger partial charge in [0.05, 0.1) is 5.56 Å². The quantitative estimate of drug-likeness (QED) is 0.450. The third kappa shape index (κ3) is 5.31. The number of benzene rings is 3. The first kappa shape index (κ1) is 22.7. The van der Waals surface area contributed by atoms with E-state index in [1.165, 1.54) is 30.3 Å². The lowest BCUT2D eigenvalue weighted by molar-refractivity contribution is 0.102. The number of nitrogens with two attached hydrogens (primary N) is 1. The number of carbonyl (C=O) groups excluding carboxylic acids is 1. The van der Waals surface area contributed by atoms with Crippen molar-refractivity contribution in [1.29, 1.82) is 0 Å². The molecule has 3 N–H and O–H groups in total. The number of aryl methyl sites for hydroxylation is 2. The lowest BCUT2D eigenvalue weighted by Gasteiger charge is -2.17. The average molecular weight is 453 g/mol. The van der Waals surface area contributed by atoms with Crippen molar-refractivity contribution in [2.75, 3.05) is 18.5 Å². The van der Waals surface area contributed by atoms with E-state index in [9.17, 15) is 13.6 Å². The van der Waals surface area contributed by atoms with Gasteiger partial charge in [-0.25, -0.2) is 8.78 Å². The highest BCUT2D eigenvalue weighted by Crippen LogP contribution is 2.44. The number of hydrogen-bond donors (Lipinski definition) is 2. The van der Waals surface area contributed by atoms with Crippen LogP contribution >= 0.6 is 0 Å². The Kier molecular flexibility index (Phi) is 6.60.